The lowest BCUT2D eigenvalue weighted by atomic mass is 9.73. The number of hydrogen-bond acceptors (Lipinski definition) is 1. The lowest BCUT2D eigenvalue weighted by Gasteiger charge is -2.35. The van der Waals surface area contributed by atoms with Gasteiger partial charge in [-0.3, -0.25) is 0 Å². The van der Waals surface area contributed by atoms with Gasteiger partial charge in [-0.1, -0.05) is 45.8 Å². The summed E-state index contributed by atoms with van der Waals surface area (Å²) < 4.78 is 38.9. The molecule has 0 bridgehead atoms. The molecule has 1 fully saturated rings. The van der Waals surface area contributed by atoms with Gasteiger partial charge in [0.1, 0.15) is 0 Å². The van der Waals surface area contributed by atoms with E-state index >= 15 is 0 Å². The Balaban J connectivity index is 2.49. The van der Waals surface area contributed by atoms with Crippen molar-refractivity contribution >= 4 is 0 Å². The van der Waals surface area contributed by atoms with Gasteiger partial charge in [-0.15, -0.1) is 0 Å². The van der Waals surface area contributed by atoms with Gasteiger partial charge in [0, 0.05) is 0 Å². The number of allylic oxidation sites excluding steroid dienone is 1. The highest BCUT2D eigenvalue weighted by Crippen LogP contribution is 2.44. The maximum absolute atomic E-state index is 13.0. The standard InChI is InChI=1S/C17H29F3O/c1-4-14(5-2)16(21)8-6-7-13-10-9-12(3)15(11-13)17(18,19)20/h6,8,12-16,21H,4-5,7,9-11H2,1-3H3. The molecule has 0 radical (unpaired) electrons. The number of aliphatic hydroxyl groups is 1. The van der Waals surface area contributed by atoms with Crippen LogP contribution in [0, 0.1) is 23.7 Å². The average Bonchev–Trinajstić information content (AvgIpc) is 2.40. The van der Waals surface area contributed by atoms with Crippen molar-refractivity contribution < 1.29 is 18.3 Å². The molecule has 4 atom stereocenters. The van der Waals surface area contributed by atoms with E-state index in [0.717, 1.165) is 19.3 Å². The van der Waals surface area contributed by atoms with Crippen LogP contribution >= 0.6 is 0 Å². The Bertz CT molecular complexity index is 320. The molecule has 0 aliphatic heterocycles. The highest BCUT2D eigenvalue weighted by atomic mass is 19.4. The summed E-state index contributed by atoms with van der Waals surface area (Å²) in [5.74, 6) is -1.08. The van der Waals surface area contributed by atoms with Gasteiger partial charge in [0.15, 0.2) is 0 Å². The van der Waals surface area contributed by atoms with Crippen LogP contribution in [0.5, 0.6) is 0 Å². The second-order valence-corrected chi connectivity index (χ2v) is 6.54. The molecule has 4 unspecified atom stereocenters. The highest BCUT2D eigenvalue weighted by molar-refractivity contribution is 4.94. The molecule has 1 nitrogen and oxygen atoms in total. The van der Waals surface area contributed by atoms with E-state index in [4.69, 9.17) is 0 Å². The molecule has 1 rings (SSSR count). The fraction of sp³-hybridized carbons (Fsp3) is 0.882. The summed E-state index contributed by atoms with van der Waals surface area (Å²) in [6.07, 6.45) is 3.34. The van der Waals surface area contributed by atoms with Gasteiger partial charge in [0.25, 0.3) is 0 Å². The molecule has 1 saturated carbocycles. The molecule has 0 aromatic heterocycles. The van der Waals surface area contributed by atoms with E-state index in [-0.39, 0.29) is 24.2 Å². The molecule has 1 N–H and O–H groups in total. The minimum Gasteiger partial charge on any atom is -0.389 e. The molecule has 4 heteroatoms. The summed E-state index contributed by atoms with van der Waals surface area (Å²) in [5.41, 5.74) is 0. The fourth-order valence-corrected chi connectivity index (χ4v) is 3.42. The van der Waals surface area contributed by atoms with E-state index in [9.17, 15) is 18.3 Å². The zero-order valence-electron chi connectivity index (χ0n) is 13.4. The van der Waals surface area contributed by atoms with Crippen molar-refractivity contribution in [3.05, 3.63) is 12.2 Å². The number of alkyl halides is 3. The average molecular weight is 306 g/mol. The van der Waals surface area contributed by atoms with E-state index in [1.807, 2.05) is 19.9 Å². The molecule has 0 aromatic rings. The quantitative estimate of drug-likeness (QED) is 0.656. The monoisotopic (exact) mass is 306 g/mol. The highest BCUT2D eigenvalue weighted by Gasteiger charge is 2.45. The Morgan fingerprint density at radius 2 is 1.81 bits per heavy atom. The molecule has 21 heavy (non-hydrogen) atoms. The van der Waals surface area contributed by atoms with Crippen LogP contribution in [0.1, 0.15) is 59.3 Å². The van der Waals surface area contributed by atoms with Gasteiger partial charge in [0.05, 0.1) is 12.0 Å². The third kappa shape index (κ3) is 5.65. The van der Waals surface area contributed by atoms with Gasteiger partial charge in [-0.2, -0.15) is 13.2 Å². The summed E-state index contributed by atoms with van der Waals surface area (Å²) in [7, 11) is 0. The second-order valence-electron chi connectivity index (χ2n) is 6.54. The van der Waals surface area contributed by atoms with Crippen LogP contribution in [0.3, 0.4) is 0 Å². The first-order valence-electron chi connectivity index (χ1n) is 8.20. The predicted molar refractivity (Wildman–Crippen MR) is 79.9 cm³/mol. The van der Waals surface area contributed by atoms with Crippen LogP contribution in [-0.2, 0) is 0 Å². The topological polar surface area (TPSA) is 20.2 Å². The SMILES string of the molecule is CCC(CC)C(O)C=CCC1CCC(C)C(C(F)(F)F)C1. The molecule has 124 valence electrons. The zero-order chi connectivity index (χ0) is 16.0. The molecule has 1 aliphatic carbocycles. The Hall–Kier alpha value is -0.510. The zero-order valence-corrected chi connectivity index (χ0v) is 13.4. The first kappa shape index (κ1) is 18.5. The third-order valence-corrected chi connectivity index (χ3v) is 5.06. The maximum Gasteiger partial charge on any atom is 0.392 e. The molecular weight excluding hydrogens is 277 g/mol. The first-order chi connectivity index (χ1) is 9.79. The lowest BCUT2D eigenvalue weighted by molar-refractivity contribution is -0.198. The second kappa shape index (κ2) is 8.21. The van der Waals surface area contributed by atoms with Crippen LogP contribution in [0.15, 0.2) is 12.2 Å². The predicted octanol–water partition coefficient (Wildman–Crippen LogP) is 5.34. The summed E-state index contributed by atoms with van der Waals surface area (Å²) in [6, 6.07) is 0. The van der Waals surface area contributed by atoms with Gasteiger partial charge in [-0.05, 0) is 43.4 Å². The van der Waals surface area contributed by atoms with Crippen LogP contribution < -0.4 is 0 Å². The number of rotatable bonds is 6. The van der Waals surface area contributed by atoms with E-state index in [0.29, 0.717) is 12.8 Å². The molecule has 0 heterocycles. The minimum atomic E-state index is -4.07. The smallest absolute Gasteiger partial charge is 0.389 e. The Kier molecular flexibility index (Phi) is 7.25. The van der Waals surface area contributed by atoms with Gasteiger partial charge >= 0.3 is 6.18 Å². The molecule has 0 aromatic carbocycles. The van der Waals surface area contributed by atoms with Crippen LogP contribution in [-0.4, -0.2) is 17.4 Å². The van der Waals surface area contributed by atoms with E-state index < -0.39 is 18.2 Å². The van der Waals surface area contributed by atoms with Crippen molar-refractivity contribution in [2.45, 2.75) is 71.6 Å². The van der Waals surface area contributed by atoms with Crippen molar-refractivity contribution in [1.82, 2.24) is 0 Å². The first-order valence-corrected chi connectivity index (χ1v) is 8.20. The molecule has 0 saturated heterocycles. The summed E-state index contributed by atoms with van der Waals surface area (Å²) in [6.45, 7) is 5.80. The van der Waals surface area contributed by atoms with Crippen molar-refractivity contribution in [2.75, 3.05) is 0 Å². The van der Waals surface area contributed by atoms with Gasteiger partial charge < -0.3 is 5.11 Å². The summed E-state index contributed by atoms with van der Waals surface area (Å²) in [5, 5.41) is 9.99. The van der Waals surface area contributed by atoms with E-state index in [2.05, 4.69) is 0 Å². The molecule has 1 aliphatic rings. The molecule has 0 amide bonds. The van der Waals surface area contributed by atoms with Crippen molar-refractivity contribution in [3.8, 4) is 0 Å². The van der Waals surface area contributed by atoms with Crippen LogP contribution in [0.25, 0.3) is 0 Å². The fourth-order valence-electron chi connectivity index (χ4n) is 3.42. The largest absolute Gasteiger partial charge is 0.392 e. The summed E-state index contributed by atoms with van der Waals surface area (Å²) in [4.78, 5) is 0. The number of halogens is 3. The Labute approximate surface area is 126 Å². The minimum absolute atomic E-state index is 0.0954. The van der Waals surface area contributed by atoms with E-state index in [1.165, 1.54) is 0 Å². The van der Waals surface area contributed by atoms with Crippen molar-refractivity contribution in [3.63, 3.8) is 0 Å². The third-order valence-electron chi connectivity index (χ3n) is 5.06. The molecular formula is C17H29F3O. The van der Waals surface area contributed by atoms with Crippen LogP contribution in [0.4, 0.5) is 13.2 Å². The maximum atomic E-state index is 13.0. The van der Waals surface area contributed by atoms with Crippen molar-refractivity contribution in [2.24, 2.45) is 23.7 Å². The Morgan fingerprint density at radius 3 is 2.33 bits per heavy atom. The van der Waals surface area contributed by atoms with Gasteiger partial charge in [-0.25, -0.2) is 0 Å². The van der Waals surface area contributed by atoms with Crippen molar-refractivity contribution in [1.29, 1.82) is 0 Å². The number of hydrogen-bond donors (Lipinski definition) is 1. The van der Waals surface area contributed by atoms with Gasteiger partial charge in [0.2, 0.25) is 0 Å². The summed E-state index contributed by atoms with van der Waals surface area (Å²) >= 11 is 0. The Morgan fingerprint density at radius 1 is 1.19 bits per heavy atom. The number of aliphatic hydroxyl groups excluding tert-OH is 1. The molecule has 0 spiro atoms. The normalized spacial score (nSPS) is 29.2. The van der Waals surface area contributed by atoms with E-state index in [1.54, 1.807) is 13.0 Å². The lowest BCUT2D eigenvalue weighted by Crippen LogP contribution is -2.34. The van der Waals surface area contributed by atoms with Crippen LogP contribution in [0.2, 0.25) is 0 Å².